The predicted molar refractivity (Wildman–Crippen MR) is 114 cm³/mol. The minimum atomic E-state index is -1.11. The third-order valence-electron chi connectivity index (χ3n) is 5.19. The zero-order chi connectivity index (χ0) is 21.6. The van der Waals surface area contributed by atoms with Crippen molar-refractivity contribution in [1.82, 2.24) is 4.98 Å². The lowest BCUT2D eigenvalue weighted by Crippen LogP contribution is -2.29. The number of anilines is 1. The molecule has 30 heavy (non-hydrogen) atoms. The van der Waals surface area contributed by atoms with Gasteiger partial charge >= 0.3 is 5.91 Å². The van der Waals surface area contributed by atoms with Crippen LogP contribution in [0.3, 0.4) is 0 Å². The highest BCUT2D eigenvalue weighted by atomic mass is 32.1. The van der Waals surface area contributed by atoms with Crippen LogP contribution in [0, 0.1) is 26.6 Å². The van der Waals surface area contributed by atoms with Crippen molar-refractivity contribution in [2.24, 2.45) is 0 Å². The average molecular weight is 422 g/mol. The number of Topliss-reactive ketones (excluding diaryl/α,β-unsaturated/α-hetero) is 1. The first-order valence-electron chi connectivity index (χ1n) is 9.36. The number of hydrogen-bond acceptors (Lipinski definition) is 5. The molecule has 0 aliphatic carbocycles. The van der Waals surface area contributed by atoms with Crippen molar-refractivity contribution in [3.63, 3.8) is 0 Å². The second-order valence-corrected chi connectivity index (χ2v) is 8.38. The number of ketones is 1. The fraction of sp³-hybridized carbons (Fsp3) is 0.174. The Bertz CT molecular complexity index is 1180. The maximum Gasteiger partial charge on any atom is 0.301 e. The summed E-state index contributed by atoms with van der Waals surface area (Å²) in [5, 5.41) is 11.3. The van der Waals surface area contributed by atoms with Gasteiger partial charge in [0.2, 0.25) is 0 Å². The number of halogens is 1. The van der Waals surface area contributed by atoms with Crippen molar-refractivity contribution in [2.75, 3.05) is 4.90 Å². The van der Waals surface area contributed by atoms with Crippen molar-refractivity contribution in [3.8, 4) is 0 Å². The Balaban J connectivity index is 1.97. The minimum absolute atomic E-state index is 0.121. The van der Waals surface area contributed by atoms with E-state index in [0.717, 1.165) is 16.1 Å². The molecule has 0 saturated carbocycles. The monoisotopic (exact) mass is 422 g/mol. The van der Waals surface area contributed by atoms with E-state index in [2.05, 4.69) is 4.98 Å². The van der Waals surface area contributed by atoms with Crippen molar-refractivity contribution >= 4 is 33.9 Å². The molecule has 1 unspecified atom stereocenters. The molecule has 5 nitrogen and oxygen atoms in total. The van der Waals surface area contributed by atoms with Gasteiger partial charge in [0.1, 0.15) is 17.6 Å². The fourth-order valence-corrected chi connectivity index (χ4v) is 4.38. The Kier molecular flexibility index (Phi) is 4.99. The smallest absolute Gasteiger partial charge is 0.301 e. The van der Waals surface area contributed by atoms with Crippen LogP contribution in [0.15, 0.2) is 54.1 Å². The molecule has 7 heteroatoms. The summed E-state index contributed by atoms with van der Waals surface area (Å²) in [5.41, 5.74) is 2.05. The van der Waals surface area contributed by atoms with Gasteiger partial charge in [0.15, 0.2) is 5.13 Å². The molecular weight excluding hydrogens is 403 g/mol. The van der Waals surface area contributed by atoms with Gasteiger partial charge in [0.25, 0.3) is 5.78 Å². The second-order valence-electron chi connectivity index (χ2n) is 7.19. The van der Waals surface area contributed by atoms with Crippen molar-refractivity contribution in [2.45, 2.75) is 26.8 Å². The summed E-state index contributed by atoms with van der Waals surface area (Å²) in [6.45, 7) is 5.56. The van der Waals surface area contributed by atoms with Gasteiger partial charge < -0.3 is 5.11 Å². The summed E-state index contributed by atoms with van der Waals surface area (Å²) in [4.78, 5) is 32.5. The van der Waals surface area contributed by atoms with Crippen molar-refractivity contribution in [1.29, 1.82) is 0 Å². The molecule has 1 atom stereocenters. The molecule has 1 fully saturated rings. The summed E-state index contributed by atoms with van der Waals surface area (Å²) < 4.78 is 14.8. The van der Waals surface area contributed by atoms with Crippen LogP contribution in [-0.4, -0.2) is 21.8 Å². The number of aromatic nitrogens is 1. The van der Waals surface area contributed by atoms with E-state index >= 15 is 0 Å². The average Bonchev–Trinajstić information content (AvgIpc) is 3.18. The maximum absolute atomic E-state index is 14.8. The lowest BCUT2D eigenvalue weighted by molar-refractivity contribution is -0.132. The molecular formula is C23H19FN2O3S. The lowest BCUT2D eigenvalue weighted by atomic mass is 9.95. The number of rotatable bonds is 3. The van der Waals surface area contributed by atoms with E-state index < -0.39 is 23.5 Å². The molecule has 1 amide bonds. The van der Waals surface area contributed by atoms with Gasteiger partial charge in [0, 0.05) is 16.0 Å². The summed E-state index contributed by atoms with van der Waals surface area (Å²) in [6.07, 6.45) is 0. The molecule has 1 aliphatic rings. The van der Waals surface area contributed by atoms with Crippen LogP contribution in [0.25, 0.3) is 5.76 Å². The zero-order valence-corrected chi connectivity index (χ0v) is 17.5. The first kappa shape index (κ1) is 20.0. The Morgan fingerprint density at radius 1 is 1.07 bits per heavy atom. The molecule has 1 N–H and O–H groups in total. The number of carbonyl (C=O) groups excluding carboxylic acids is 2. The van der Waals surface area contributed by atoms with Crippen molar-refractivity contribution < 1.29 is 19.1 Å². The van der Waals surface area contributed by atoms with Crippen LogP contribution in [0.4, 0.5) is 9.52 Å². The number of amides is 1. The molecule has 2 aromatic carbocycles. The number of hydrogen-bond donors (Lipinski definition) is 1. The van der Waals surface area contributed by atoms with E-state index in [9.17, 15) is 19.1 Å². The van der Waals surface area contributed by atoms with E-state index in [4.69, 9.17) is 0 Å². The van der Waals surface area contributed by atoms with Crippen LogP contribution in [-0.2, 0) is 9.59 Å². The number of carbonyl (C=O) groups is 2. The van der Waals surface area contributed by atoms with Gasteiger partial charge in [0.05, 0.1) is 11.3 Å². The van der Waals surface area contributed by atoms with Gasteiger partial charge in [-0.05, 0) is 26.8 Å². The van der Waals surface area contributed by atoms with E-state index in [1.165, 1.54) is 34.4 Å². The number of nitrogens with zero attached hydrogens (tertiary/aromatic N) is 2. The van der Waals surface area contributed by atoms with Gasteiger partial charge in [-0.1, -0.05) is 48.0 Å². The van der Waals surface area contributed by atoms with Gasteiger partial charge in [-0.3, -0.25) is 14.5 Å². The van der Waals surface area contributed by atoms with Crippen LogP contribution in [0.2, 0.25) is 0 Å². The summed E-state index contributed by atoms with van der Waals surface area (Å²) in [7, 11) is 0. The molecule has 1 aromatic heterocycles. The second kappa shape index (κ2) is 7.50. The lowest BCUT2D eigenvalue weighted by Gasteiger charge is -2.23. The van der Waals surface area contributed by atoms with Gasteiger partial charge in [-0.25, -0.2) is 9.37 Å². The first-order valence-corrected chi connectivity index (χ1v) is 10.2. The quantitative estimate of drug-likeness (QED) is 0.373. The van der Waals surface area contributed by atoms with E-state index in [1.807, 2.05) is 13.8 Å². The summed E-state index contributed by atoms with van der Waals surface area (Å²) >= 11 is 1.25. The minimum Gasteiger partial charge on any atom is -0.507 e. The van der Waals surface area contributed by atoms with Crippen LogP contribution < -0.4 is 4.90 Å². The molecule has 152 valence electrons. The topological polar surface area (TPSA) is 70.5 Å². The molecule has 1 aliphatic heterocycles. The Hall–Kier alpha value is -3.32. The highest BCUT2D eigenvalue weighted by Crippen LogP contribution is 2.44. The third kappa shape index (κ3) is 3.21. The zero-order valence-electron chi connectivity index (χ0n) is 16.6. The predicted octanol–water partition coefficient (Wildman–Crippen LogP) is 4.83. The summed E-state index contributed by atoms with van der Waals surface area (Å²) in [5.74, 6) is -2.62. The highest BCUT2D eigenvalue weighted by Gasteiger charge is 2.49. The molecule has 3 aromatic rings. The Morgan fingerprint density at radius 3 is 2.33 bits per heavy atom. The molecule has 4 rings (SSSR count). The molecule has 0 spiro atoms. The molecule has 0 radical (unpaired) electrons. The normalized spacial score (nSPS) is 18.3. The summed E-state index contributed by atoms with van der Waals surface area (Å²) in [6, 6.07) is 11.7. The standard InChI is InChI=1S/C23H19FN2O3S/c1-12-8-10-15(11-9-12)20(27)18-19(16-6-4-5-7-17(16)24)26(22(29)21(18)28)23-25-13(2)14(3)30-23/h4-11,19,27H,1-3H3. The third-order valence-corrected chi connectivity index (χ3v) is 6.26. The van der Waals surface area contributed by atoms with Crippen LogP contribution >= 0.6 is 11.3 Å². The van der Waals surface area contributed by atoms with Gasteiger partial charge in [-0.15, -0.1) is 11.3 Å². The number of aryl methyl sites for hydroxylation is 3. The SMILES string of the molecule is Cc1ccc(C(O)=C2C(=O)C(=O)N(c3nc(C)c(C)s3)C2c2ccccc2F)cc1. The van der Waals surface area contributed by atoms with E-state index in [-0.39, 0.29) is 16.9 Å². The number of thiazole rings is 1. The van der Waals surface area contributed by atoms with Gasteiger partial charge in [-0.2, -0.15) is 0 Å². The van der Waals surface area contributed by atoms with E-state index in [1.54, 1.807) is 37.3 Å². The largest absolute Gasteiger partial charge is 0.507 e. The molecule has 1 saturated heterocycles. The highest BCUT2D eigenvalue weighted by molar-refractivity contribution is 7.16. The number of aliphatic hydroxyl groups excluding tert-OH is 1. The Labute approximate surface area is 177 Å². The van der Waals surface area contributed by atoms with E-state index in [0.29, 0.717) is 10.7 Å². The molecule has 0 bridgehead atoms. The van der Waals surface area contributed by atoms with Crippen LogP contribution in [0.1, 0.15) is 33.3 Å². The Morgan fingerprint density at radius 2 is 1.73 bits per heavy atom. The number of aliphatic hydroxyl groups is 1. The maximum atomic E-state index is 14.8. The molecule has 2 heterocycles. The number of benzene rings is 2. The first-order chi connectivity index (χ1) is 14.3. The fourth-order valence-electron chi connectivity index (χ4n) is 3.45. The van der Waals surface area contributed by atoms with Crippen LogP contribution in [0.5, 0.6) is 0 Å². The van der Waals surface area contributed by atoms with Crippen molar-refractivity contribution in [3.05, 3.63) is 87.2 Å².